The minimum atomic E-state index is -0.473. The van der Waals surface area contributed by atoms with E-state index in [0.717, 1.165) is 11.3 Å². The molecule has 8 heteroatoms. The molecule has 0 unspecified atom stereocenters. The molecule has 1 aliphatic rings. The summed E-state index contributed by atoms with van der Waals surface area (Å²) >= 11 is 4.35. The minimum absolute atomic E-state index is 0.0495. The van der Waals surface area contributed by atoms with E-state index in [0.29, 0.717) is 20.1 Å². The Hall–Kier alpha value is -2.45. The van der Waals surface area contributed by atoms with Gasteiger partial charge in [0.25, 0.3) is 11.6 Å². The number of thioether (sulfide) groups is 1. The molecule has 0 aliphatic carbocycles. The summed E-state index contributed by atoms with van der Waals surface area (Å²) in [6.07, 6.45) is 1.61. The number of benzene rings is 2. The second-order valence-electron chi connectivity index (χ2n) is 5.24. The number of nitro groups is 1. The Kier molecular flexibility index (Phi) is 5.00. The van der Waals surface area contributed by atoms with Gasteiger partial charge in [-0.2, -0.15) is 0 Å². The van der Waals surface area contributed by atoms with E-state index < -0.39 is 4.92 Å². The largest absolute Gasteiger partial charge is 0.300 e. The number of nitrogens with one attached hydrogen (secondary N) is 1. The van der Waals surface area contributed by atoms with E-state index in [-0.39, 0.29) is 11.6 Å². The Balaban J connectivity index is 1.88. The van der Waals surface area contributed by atoms with E-state index in [1.807, 2.05) is 31.2 Å². The molecular weight excluding hydrogens is 406 g/mol. The molecule has 0 radical (unpaired) electrons. The van der Waals surface area contributed by atoms with Crippen molar-refractivity contribution in [3.8, 4) is 0 Å². The SMILES string of the molecule is Cc1ccccc1N=C1NC(=O)/C(=C/c2ccc(Br)c([N+](=O)[O-])c2)S1. The van der Waals surface area contributed by atoms with Crippen LogP contribution in [0.25, 0.3) is 6.08 Å². The van der Waals surface area contributed by atoms with Crippen molar-refractivity contribution in [2.24, 2.45) is 4.99 Å². The minimum Gasteiger partial charge on any atom is -0.300 e. The molecule has 1 aliphatic heterocycles. The predicted octanol–water partition coefficient (Wildman–Crippen LogP) is 4.56. The molecule has 1 amide bonds. The first-order valence-corrected chi connectivity index (χ1v) is 8.84. The van der Waals surface area contributed by atoms with Gasteiger partial charge in [0.05, 0.1) is 20.0 Å². The van der Waals surface area contributed by atoms with Gasteiger partial charge < -0.3 is 5.32 Å². The van der Waals surface area contributed by atoms with Crippen LogP contribution >= 0.6 is 27.7 Å². The van der Waals surface area contributed by atoms with Gasteiger partial charge in [0, 0.05) is 6.07 Å². The number of para-hydroxylation sites is 1. The number of nitrogens with zero attached hydrogens (tertiary/aromatic N) is 2. The Morgan fingerprint density at radius 3 is 2.76 bits per heavy atom. The average molecular weight is 418 g/mol. The Bertz CT molecular complexity index is 940. The molecule has 126 valence electrons. The fraction of sp³-hybridized carbons (Fsp3) is 0.0588. The molecule has 1 fully saturated rings. The van der Waals surface area contributed by atoms with Gasteiger partial charge in [0.1, 0.15) is 0 Å². The van der Waals surface area contributed by atoms with Gasteiger partial charge >= 0.3 is 0 Å². The molecule has 25 heavy (non-hydrogen) atoms. The number of rotatable bonds is 3. The fourth-order valence-electron chi connectivity index (χ4n) is 2.19. The monoisotopic (exact) mass is 417 g/mol. The molecule has 3 rings (SSSR count). The first-order chi connectivity index (χ1) is 11.9. The van der Waals surface area contributed by atoms with Crippen molar-refractivity contribution in [3.63, 3.8) is 0 Å². The Labute approximate surface area is 156 Å². The molecule has 0 bridgehead atoms. The van der Waals surface area contributed by atoms with E-state index in [4.69, 9.17) is 0 Å². The highest BCUT2D eigenvalue weighted by atomic mass is 79.9. The lowest BCUT2D eigenvalue weighted by Gasteiger charge is -2.00. The van der Waals surface area contributed by atoms with Crippen molar-refractivity contribution in [3.05, 3.63) is 73.1 Å². The van der Waals surface area contributed by atoms with Gasteiger partial charge in [-0.1, -0.05) is 24.3 Å². The highest BCUT2D eigenvalue weighted by Gasteiger charge is 2.24. The number of amidine groups is 1. The quantitative estimate of drug-likeness (QED) is 0.450. The lowest BCUT2D eigenvalue weighted by atomic mass is 10.2. The van der Waals surface area contributed by atoms with Crippen LogP contribution in [0.5, 0.6) is 0 Å². The standard InChI is InChI=1S/C17H12BrN3O3S/c1-10-4-2-3-5-13(10)19-17-20-16(22)15(25-17)9-11-6-7-12(18)14(8-11)21(23)24/h2-9H,1H3,(H,19,20,22)/b15-9-. The van der Waals surface area contributed by atoms with E-state index in [2.05, 4.69) is 26.2 Å². The predicted molar refractivity (Wildman–Crippen MR) is 103 cm³/mol. The van der Waals surface area contributed by atoms with Crippen LogP contribution in [0, 0.1) is 17.0 Å². The van der Waals surface area contributed by atoms with Gasteiger partial charge in [-0.05, 0) is 64.0 Å². The van der Waals surface area contributed by atoms with Crippen molar-refractivity contribution in [2.45, 2.75) is 6.92 Å². The number of halogens is 1. The summed E-state index contributed by atoms with van der Waals surface area (Å²) < 4.78 is 0.394. The summed E-state index contributed by atoms with van der Waals surface area (Å²) in [4.78, 5) is 27.6. The molecule has 0 spiro atoms. The number of nitro benzene ring substituents is 1. The molecule has 1 heterocycles. The van der Waals surface area contributed by atoms with Crippen molar-refractivity contribution >= 4 is 56.2 Å². The number of aliphatic imine (C=N–C) groups is 1. The Morgan fingerprint density at radius 2 is 2.04 bits per heavy atom. The maximum absolute atomic E-state index is 12.1. The van der Waals surface area contributed by atoms with Gasteiger partial charge in [-0.15, -0.1) is 0 Å². The summed E-state index contributed by atoms with van der Waals surface area (Å²) in [5.74, 6) is -0.275. The molecule has 1 saturated heterocycles. The molecule has 2 aromatic rings. The van der Waals surface area contributed by atoms with Crippen LogP contribution in [-0.4, -0.2) is 16.0 Å². The number of carbonyl (C=O) groups excluding carboxylic acids is 1. The van der Waals surface area contributed by atoms with Crippen LogP contribution in [0.1, 0.15) is 11.1 Å². The second kappa shape index (κ2) is 7.20. The molecule has 6 nitrogen and oxygen atoms in total. The maximum Gasteiger partial charge on any atom is 0.284 e. The summed E-state index contributed by atoms with van der Waals surface area (Å²) in [5, 5.41) is 14.2. The lowest BCUT2D eigenvalue weighted by molar-refractivity contribution is -0.385. The molecule has 2 aromatic carbocycles. The summed E-state index contributed by atoms with van der Waals surface area (Å²) in [5.41, 5.74) is 2.31. The number of aryl methyl sites for hydroxylation is 1. The molecule has 1 N–H and O–H groups in total. The maximum atomic E-state index is 12.1. The van der Waals surface area contributed by atoms with Crippen LogP contribution in [0.4, 0.5) is 11.4 Å². The third-order valence-electron chi connectivity index (χ3n) is 3.45. The Morgan fingerprint density at radius 1 is 1.28 bits per heavy atom. The van der Waals surface area contributed by atoms with Gasteiger partial charge in [0.2, 0.25) is 0 Å². The van der Waals surface area contributed by atoms with Crippen LogP contribution in [-0.2, 0) is 4.79 Å². The van der Waals surface area contributed by atoms with E-state index in [1.165, 1.54) is 17.8 Å². The van der Waals surface area contributed by atoms with Crippen molar-refractivity contribution in [2.75, 3.05) is 0 Å². The van der Waals surface area contributed by atoms with Crippen molar-refractivity contribution in [1.82, 2.24) is 5.32 Å². The fourth-order valence-corrected chi connectivity index (χ4v) is 3.42. The first kappa shape index (κ1) is 17.4. The van der Waals surface area contributed by atoms with Gasteiger partial charge in [-0.3, -0.25) is 14.9 Å². The van der Waals surface area contributed by atoms with E-state index in [9.17, 15) is 14.9 Å². The zero-order valence-corrected chi connectivity index (χ0v) is 15.4. The van der Waals surface area contributed by atoms with Crippen molar-refractivity contribution < 1.29 is 9.72 Å². The molecular formula is C17H12BrN3O3S. The van der Waals surface area contributed by atoms with Crippen LogP contribution in [0.3, 0.4) is 0 Å². The zero-order valence-electron chi connectivity index (χ0n) is 13.0. The van der Waals surface area contributed by atoms with E-state index in [1.54, 1.807) is 18.2 Å². The smallest absolute Gasteiger partial charge is 0.284 e. The number of carbonyl (C=O) groups is 1. The highest BCUT2D eigenvalue weighted by Crippen LogP contribution is 2.31. The average Bonchev–Trinajstić information content (AvgIpc) is 2.90. The van der Waals surface area contributed by atoms with Crippen LogP contribution in [0.15, 0.2) is 56.8 Å². The summed E-state index contributed by atoms with van der Waals surface area (Å²) in [6.45, 7) is 1.94. The lowest BCUT2D eigenvalue weighted by Crippen LogP contribution is -2.19. The highest BCUT2D eigenvalue weighted by molar-refractivity contribution is 9.10. The normalized spacial score (nSPS) is 17.1. The molecule has 0 atom stereocenters. The topological polar surface area (TPSA) is 84.6 Å². The summed E-state index contributed by atoms with van der Waals surface area (Å²) in [6, 6.07) is 12.3. The molecule has 0 saturated carbocycles. The second-order valence-corrected chi connectivity index (χ2v) is 7.12. The number of hydrogen-bond acceptors (Lipinski definition) is 5. The molecule has 0 aromatic heterocycles. The van der Waals surface area contributed by atoms with Crippen molar-refractivity contribution in [1.29, 1.82) is 0 Å². The third kappa shape index (κ3) is 3.97. The van der Waals surface area contributed by atoms with E-state index >= 15 is 0 Å². The first-order valence-electron chi connectivity index (χ1n) is 7.23. The zero-order chi connectivity index (χ0) is 18.0. The third-order valence-corrected chi connectivity index (χ3v) is 5.03. The summed E-state index contributed by atoms with van der Waals surface area (Å²) in [7, 11) is 0. The van der Waals surface area contributed by atoms with Crippen LogP contribution in [0.2, 0.25) is 0 Å². The number of hydrogen-bond donors (Lipinski definition) is 1. The van der Waals surface area contributed by atoms with Gasteiger partial charge in [0.15, 0.2) is 5.17 Å². The number of amides is 1. The van der Waals surface area contributed by atoms with Crippen LogP contribution < -0.4 is 5.32 Å². The van der Waals surface area contributed by atoms with Gasteiger partial charge in [-0.25, -0.2) is 4.99 Å².